The molecule has 0 aliphatic heterocycles. The molecule has 3 aromatic carbocycles. The van der Waals surface area contributed by atoms with Gasteiger partial charge in [0.05, 0.1) is 11.9 Å². The average molecular weight is 564 g/mol. The van der Waals surface area contributed by atoms with Crippen molar-refractivity contribution in [1.82, 2.24) is 10.2 Å². The standard InChI is InChI=1S/C32H41N3O4S/c1-7-26(5)33-32(37)30(20-27-14-9-8-10-15-27)34(21-28-16-12-11-13-24(28)3)31(36)22-35(40(6,38)39)29-19-23(2)17-18-25(29)4/h8-19,26,30H,7,20-22H2,1-6H3,(H,33,37)/t26-,30+/m1/s1. The van der Waals surface area contributed by atoms with Crippen molar-refractivity contribution < 1.29 is 18.0 Å². The molecular formula is C32H41N3O4S. The number of anilines is 1. The van der Waals surface area contributed by atoms with Crippen LogP contribution in [0, 0.1) is 20.8 Å². The van der Waals surface area contributed by atoms with Gasteiger partial charge in [-0.05, 0) is 68.0 Å². The molecule has 1 N–H and O–H groups in total. The zero-order valence-electron chi connectivity index (χ0n) is 24.3. The van der Waals surface area contributed by atoms with Crippen molar-refractivity contribution >= 4 is 27.5 Å². The third-order valence-electron chi connectivity index (χ3n) is 7.19. The lowest BCUT2D eigenvalue weighted by Gasteiger charge is -2.34. The first-order valence-electron chi connectivity index (χ1n) is 13.6. The highest BCUT2D eigenvalue weighted by Gasteiger charge is 2.34. The largest absolute Gasteiger partial charge is 0.352 e. The van der Waals surface area contributed by atoms with E-state index >= 15 is 0 Å². The number of carbonyl (C=O) groups excluding carboxylic acids is 2. The summed E-state index contributed by atoms with van der Waals surface area (Å²) in [6.45, 7) is 9.32. The van der Waals surface area contributed by atoms with E-state index in [-0.39, 0.29) is 18.5 Å². The molecule has 0 fully saturated rings. The maximum absolute atomic E-state index is 14.2. The van der Waals surface area contributed by atoms with E-state index in [2.05, 4.69) is 5.32 Å². The number of amides is 2. The van der Waals surface area contributed by atoms with E-state index in [1.165, 1.54) is 4.90 Å². The Morgan fingerprint density at radius 3 is 2.17 bits per heavy atom. The van der Waals surface area contributed by atoms with Gasteiger partial charge in [0.25, 0.3) is 0 Å². The lowest BCUT2D eigenvalue weighted by molar-refractivity contribution is -0.140. The molecule has 0 aliphatic rings. The van der Waals surface area contributed by atoms with Crippen LogP contribution in [-0.4, -0.2) is 50.0 Å². The number of hydrogen-bond donors (Lipinski definition) is 1. The van der Waals surface area contributed by atoms with E-state index in [0.29, 0.717) is 12.1 Å². The second kappa shape index (κ2) is 13.6. The molecule has 0 radical (unpaired) electrons. The summed E-state index contributed by atoms with van der Waals surface area (Å²) in [5.41, 5.74) is 4.86. The minimum Gasteiger partial charge on any atom is -0.352 e. The lowest BCUT2D eigenvalue weighted by atomic mass is 10.0. The highest BCUT2D eigenvalue weighted by molar-refractivity contribution is 7.92. The summed E-state index contributed by atoms with van der Waals surface area (Å²) >= 11 is 0. The van der Waals surface area contributed by atoms with Crippen LogP contribution in [0.25, 0.3) is 0 Å². The number of aryl methyl sites for hydroxylation is 3. The molecule has 0 aromatic heterocycles. The highest BCUT2D eigenvalue weighted by Crippen LogP contribution is 2.25. The van der Waals surface area contributed by atoms with Gasteiger partial charge < -0.3 is 10.2 Å². The third kappa shape index (κ3) is 8.18. The fourth-order valence-electron chi connectivity index (χ4n) is 4.55. The minimum atomic E-state index is -3.81. The quantitative estimate of drug-likeness (QED) is 0.339. The molecule has 8 heteroatoms. The number of carbonyl (C=O) groups is 2. The monoisotopic (exact) mass is 563 g/mol. The number of nitrogens with zero attached hydrogens (tertiary/aromatic N) is 2. The number of rotatable bonds is 12. The Morgan fingerprint density at radius 2 is 1.55 bits per heavy atom. The first-order chi connectivity index (χ1) is 18.9. The van der Waals surface area contributed by atoms with Gasteiger partial charge in [-0.2, -0.15) is 0 Å². The molecule has 3 aromatic rings. The van der Waals surface area contributed by atoms with Crippen LogP contribution in [0.4, 0.5) is 5.69 Å². The highest BCUT2D eigenvalue weighted by atomic mass is 32.2. The number of benzene rings is 3. The summed E-state index contributed by atoms with van der Waals surface area (Å²) in [5.74, 6) is -0.715. The Morgan fingerprint density at radius 1 is 0.900 bits per heavy atom. The number of hydrogen-bond acceptors (Lipinski definition) is 4. The van der Waals surface area contributed by atoms with Gasteiger partial charge in [0.2, 0.25) is 21.8 Å². The summed E-state index contributed by atoms with van der Waals surface area (Å²) in [6, 6.07) is 21.9. The van der Waals surface area contributed by atoms with Gasteiger partial charge >= 0.3 is 0 Å². The fourth-order valence-corrected chi connectivity index (χ4v) is 5.45. The van der Waals surface area contributed by atoms with Crippen LogP contribution < -0.4 is 9.62 Å². The predicted octanol–water partition coefficient (Wildman–Crippen LogP) is 4.93. The van der Waals surface area contributed by atoms with Crippen LogP contribution in [-0.2, 0) is 32.6 Å². The molecule has 0 spiro atoms. The van der Waals surface area contributed by atoms with Crippen LogP contribution >= 0.6 is 0 Å². The number of nitrogens with one attached hydrogen (secondary N) is 1. The van der Waals surface area contributed by atoms with Crippen molar-refractivity contribution in [3.8, 4) is 0 Å². The summed E-state index contributed by atoms with van der Waals surface area (Å²) in [5, 5.41) is 3.05. The van der Waals surface area contributed by atoms with Gasteiger partial charge in [-0.25, -0.2) is 8.42 Å². The Balaban J connectivity index is 2.10. The van der Waals surface area contributed by atoms with E-state index in [4.69, 9.17) is 0 Å². The Bertz CT molecular complexity index is 1420. The normalized spacial score (nSPS) is 12.8. The van der Waals surface area contributed by atoms with Gasteiger partial charge in [0, 0.05) is 19.0 Å². The lowest BCUT2D eigenvalue weighted by Crippen LogP contribution is -2.54. The molecule has 3 rings (SSSR count). The van der Waals surface area contributed by atoms with E-state index in [1.807, 2.05) is 101 Å². The van der Waals surface area contributed by atoms with Crippen LogP contribution in [0.3, 0.4) is 0 Å². The van der Waals surface area contributed by atoms with E-state index < -0.39 is 28.5 Å². The van der Waals surface area contributed by atoms with Crippen LogP contribution in [0.2, 0.25) is 0 Å². The smallest absolute Gasteiger partial charge is 0.244 e. The first kappa shape index (κ1) is 30.9. The zero-order chi connectivity index (χ0) is 29.4. The minimum absolute atomic E-state index is 0.0800. The Labute approximate surface area is 239 Å². The molecule has 0 saturated carbocycles. The maximum atomic E-state index is 14.2. The summed E-state index contributed by atoms with van der Waals surface area (Å²) in [4.78, 5) is 29.5. The Hall–Kier alpha value is -3.65. The van der Waals surface area contributed by atoms with Gasteiger partial charge in [-0.1, -0.05) is 73.7 Å². The van der Waals surface area contributed by atoms with Crippen molar-refractivity contribution in [2.45, 2.75) is 66.1 Å². The van der Waals surface area contributed by atoms with Crippen molar-refractivity contribution in [3.63, 3.8) is 0 Å². The van der Waals surface area contributed by atoms with E-state index in [1.54, 1.807) is 6.07 Å². The van der Waals surface area contributed by atoms with Crippen LogP contribution in [0.1, 0.15) is 48.1 Å². The molecule has 0 aliphatic carbocycles. The fraction of sp³-hybridized carbons (Fsp3) is 0.375. The Kier molecular flexibility index (Phi) is 10.5. The van der Waals surface area contributed by atoms with Crippen LogP contribution in [0.5, 0.6) is 0 Å². The van der Waals surface area contributed by atoms with Crippen LogP contribution in [0.15, 0.2) is 72.8 Å². The molecule has 0 saturated heterocycles. The first-order valence-corrected chi connectivity index (χ1v) is 15.5. The number of sulfonamides is 1. The van der Waals surface area contributed by atoms with Gasteiger partial charge in [-0.15, -0.1) is 0 Å². The molecule has 0 bridgehead atoms. The molecule has 0 unspecified atom stereocenters. The predicted molar refractivity (Wildman–Crippen MR) is 162 cm³/mol. The maximum Gasteiger partial charge on any atom is 0.244 e. The van der Waals surface area contributed by atoms with Crippen molar-refractivity contribution in [2.75, 3.05) is 17.1 Å². The molecule has 40 heavy (non-hydrogen) atoms. The van der Waals surface area contributed by atoms with Gasteiger partial charge in [0.15, 0.2) is 0 Å². The molecule has 2 atom stereocenters. The zero-order valence-corrected chi connectivity index (χ0v) is 25.2. The SMILES string of the molecule is CC[C@@H](C)NC(=O)[C@H](Cc1ccccc1)N(Cc1ccccc1C)C(=O)CN(c1cc(C)ccc1C)S(C)(=O)=O. The average Bonchev–Trinajstić information content (AvgIpc) is 2.91. The molecule has 7 nitrogen and oxygen atoms in total. The molecular weight excluding hydrogens is 522 g/mol. The second-order valence-corrected chi connectivity index (χ2v) is 12.4. The second-order valence-electron chi connectivity index (χ2n) is 10.5. The van der Waals surface area contributed by atoms with E-state index in [9.17, 15) is 18.0 Å². The van der Waals surface area contributed by atoms with Gasteiger partial charge in [-0.3, -0.25) is 13.9 Å². The topological polar surface area (TPSA) is 86.8 Å². The van der Waals surface area contributed by atoms with Gasteiger partial charge in [0.1, 0.15) is 12.6 Å². The summed E-state index contributed by atoms with van der Waals surface area (Å²) < 4.78 is 27.2. The molecule has 214 valence electrons. The molecule has 0 heterocycles. The molecule has 2 amide bonds. The van der Waals surface area contributed by atoms with E-state index in [0.717, 1.165) is 44.8 Å². The third-order valence-corrected chi connectivity index (χ3v) is 8.31. The summed E-state index contributed by atoms with van der Waals surface area (Å²) in [7, 11) is -3.81. The van der Waals surface area contributed by atoms with Crippen molar-refractivity contribution in [3.05, 3.63) is 101 Å². The summed E-state index contributed by atoms with van der Waals surface area (Å²) in [6.07, 6.45) is 2.14. The van der Waals surface area contributed by atoms with Crippen molar-refractivity contribution in [2.24, 2.45) is 0 Å². The van der Waals surface area contributed by atoms with Crippen molar-refractivity contribution in [1.29, 1.82) is 0 Å².